The minimum Gasteiger partial charge on any atom is -0.385 e. The van der Waals surface area contributed by atoms with Crippen molar-refractivity contribution in [2.75, 3.05) is 5.32 Å². The summed E-state index contributed by atoms with van der Waals surface area (Å²) in [5, 5.41) is 18.4. The summed E-state index contributed by atoms with van der Waals surface area (Å²) in [6.45, 7) is 2.91. The second-order valence-electron chi connectivity index (χ2n) is 8.10. The highest BCUT2D eigenvalue weighted by Crippen LogP contribution is 2.39. The predicted octanol–water partition coefficient (Wildman–Crippen LogP) is 3.66. The fourth-order valence-corrected chi connectivity index (χ4v) is 6.32. The van der Waals surface area contributed by atoms with E-state index in [4.69, 9.17) is 5.14 Å². The van der Waals surface area contributed by atoms with Crippen molar-refractivity contribution < 1.29 is 23.3 Å². The number of aryl methyl sites for hydroxylation is 2. The number of fused-ring (bicyclic) bond motifs is 2. The smallest absolute Gasteiger partial charge is 0.354 e. The molecular formula is C20H22FN3O4S2. The van der Waals surface area contributed by atoms with Gasteiger partial charge in [0.15, 0.2) is 25.7 Å². The van der Waals surface area contributed by atoms with E-state index < -0.39 is 31.6 Å². The number of urea groups is 1. The van der Waals surface area contributed by atoms with Crippen LogP contribution in [0.2, 0.25) is 0 Å². The van der Waals surface area contributed by atoms with Crippen LogP contribution in [0.15, 0.2) is 20.7 Å². The number of Topliss-reactive ketones (excluding diaryl/α,β-unsaturated/α-hetero) is 1. The third kappa shape index (κ3) is 3.68. The molecule has 10 heteroatoms. The number of nitrogens with zero attached hydrogens (tertiary/aromatic N) is 1. The van der Waals surface area contributed by atoms with Gasteiger partial charge < -0.3 is 10.4 Å². The number of nitrogens with one attached hydrogen (secondary N) is 1. The maximum absolute atomic E-state index is 14.3. The molecule has 0 aliphatic heterocycles. The van der Waals surface area contributed by atoms with Gasteiger partial charge in [-0.1, -0.05) is 6.07 Å². The van der Waals surface area contributed by atoms with Gasteiger partial charge in [-0.25, -0.2) is 18.5 Å². The quantitative estimate of drug-likeness (QED) is 0.659. The number of halogens is 1. The van der Waals surface area contributed by atoms with Gasteiger partial charge in [-0.15, -0.1) is 15.7 Å². The van der Waals surface area contributed by atoms with Crippen molar-refractivity contribution in [2.45, 2.75) is 55.8 Å². The van der Waals surface area contributed by atoms with Gasteiger partial charge in [-0.2, -0.15) is 0 Å². The molecule has 4 rings (SSSR count). The molecule has 7 nitrogen and oxygen atoms in total. The van der Waals surface area contributed by atoms with Crippen LogP contribution >= 0.6 is 11.3 Å². The third-order valence-electron chi connectivity index (χ3n) is 5.36. The summed E-state index contributed by atoms with van der Waals surface area (Å²) in [6.07, 6.45) is 3.50. The minimum atomic E-state index is -3.88. The zero-order chi connectivity index (χ0) is 21.8. The Bertz CT molecular complexity index is 1200. The van der Waals surface area contributed by atoms with Crippen molar-refractivity contribution in [3.63, 3.8) is 0 Å². The lowest BCUT2D eigenvalue weighted by atomic mass is 9.98. The Morgan fingerprint density at radius 3 is 2.67 bits per heavy atom. The second kappa shape index (κ2) is 7.23. The Labute approximate surface area is 177 Å². The number of aliphatic hydroxyl groups is 1. The molecule has 160 valence electrons. The number of anilines is 1. The molecule has 0 unspecified atom stereocenters. The lowest BCUT2D eigenvalue weighted by molar-refractivity contribution is 0.0823. The summed E-state index contributed by atoms with van der Waals surface area (Å²) in [4.78, 5) is 25.2. The van der Waals surface area contributed by atoms with Gasteiger partial charge in [0.2, 0.25) is 0 Å². The zero-order valence-corrected chi connectivity index (χ0v) is 18.2. The van der Waals surface area contributed by atoms with E-state index in [2.05, 4.69) is 9.68 Å². The van der Waals surface area contributed by atoms with Gasteiger partial charge in [0.05, 0.1) is 11.3 Å². The number of ketones is 1. The monoisotopic (exact) mass is 451 g/mol. The molecule has 2 aliphatic carbocycles. The molecule has 0 saturated carbocycles. The Hall–Kier alpha value is -2.14. The number of hydrogen-bond donors (Lipinski definition) is 3. The molecule has 1 aromatic heterocycles. The molecular weight excluding hydrogens is 429 g/mol. The molecule has 0 fully saturated rings. The summed E-state index contributed by atoms with van der Waals surface area (Å²) in [5.74, 6) is -0.944. The average Bonchev–Trinajstić information content (AvgIpc) is 3.32. The highest BCUT2D eigenvalue weighted by atomic mass is 32.2. The molecule has 1 aromatic carbocycles. The van der Waals surface area contributed by atoms with Crippen molar-refractivity contribution >= 4 is 38.8 Å². The molecule has 4 N–H and O–H groups in total. The van der Waals surface area contributed by atoms with Gasteiger partial charge in [0.25, 0.3) is 0 Å². The molecule has 2 aliphatic rings. The van der Waals surface area contributed by atoms with E-state index in [-0.39, 0.29) is 10.7 Å². The van der Waals surface area contributed by atoms with E-state index in [1.807, 2.05) is 6.07 Å². The number of nitrogens with two attached hydrogens (primary N) is 1. The van der Waals surface area contributed by atoms with Crippen LogP contribution in [0.4, 0.5) is 14.9 Å². The van der Waals surface area contributed by atoms with Crippen LogP contribution in [0.1, 0.15) is 58.6 Å². The number of amides is 2. The second-order valence-corrected chi connectivity index (χ2v) is 11.1. The van der Waals surface area contributed by atoms with E-state index >= 15 is 0 Å². The van der Waals surface area contributed by atoms with Gasteiger partial charge in [-0.05, 0) is 62.3 Å². The number of hydrogen-bond acceptors (Lipinski definition) is 5. The molecule has 2 amide bonds. The van der Waals surface area contributed by atoms with E-state index in [1.54, 1.807) is 0 Å². The average molecular weight is 452 g/mol. The number of benzene rings is 1. The first kappa shape index (κ1) is 21.1. The molecule has 1 atom stereocenters. The fraction of sp³-hybridized carbons (Fsp3) is 0.400. The Kier molecular flexibility index (Phi) is 5.08. The number of carbonyl (C=O) groups is 2. The van der Waals surface area contributed by atoms with Crippen LogP contribution in [0, 0.1) is 5.82 Å². The van der Waals surface area contributed by atoms with Crippen molar-refractivity contribution in [3.8, 4) is 0 Å². The van der Waals surface area contributed by atoms with Crippen LogP contribution < -0.4 is 10.5 Å². The summed E-state index contributed by atoms with van der Waals surface area (Å²) < 4.78 is 30.3. The Morgan fingerprint density at radius 2 is 2.00 bits per heavy atom. The molecule has 0 saturated heterocycles. The van der Waals surface area contributed by atoms with Crippen molar-refractivity contribution in [1.82, 2.24) is 0 Å². The van der Waals surface area contributed by atoms with Crippen LogP contribution in [-0.2, 0) is 34.8 Å². The highest BCUT2D eigenvalue weighted by molar-refractivity contribution is 7.93. The molecule has 30 heavy (non-hydrogen) atoms. The first-order valence-electron chi connectivity index (χ1n) is 9.56. The van der Waals surface area contributed by atoms with Gasteiger partial charge in [-0.3, -0.25) is 4.79 Å². The lowest BCUT2D eigenvalue weighted by Gasteiger charge is -2.14. The highest BCUT2D eigenvalue weighted by Gasteiger charge is 2.30. The summed E-state index contributed by atoms with van der Waals surface area (Å²) in [5.41, 5.74) is 2.41. The third-order valence-corrected chi connectivity index (χ3v) is 8.70. The van der Waals surface area contributed by atoms with Crippen molar-refractivity contribution in [1.29, 1.82) is 0 Å². The molecule has 0 spiro atoms. The van der Waals surface area contributed by atoms with Crippen molar-refractivity contribution in [3.05, 3.63) is 45.1 Å². The van der Waals surface area contributed by atoms with Crippen LogP contribution in [-0.4, -0.2) is 21.1 Å². The van der Waals surface area contributed by atoms with Crippen LogP contribution in [0.3, 0.4) is 0 Å². The molecule has 0 radical (unpaired) electrons. The maximum Gasteiger partial charge on any atom is 0.354 e. The fourth-order valence-electron chi connectivity index (χ4n) is 3.98. The van der Waals surface area contributed by atoms with E-state index in [0.717, 1.165) is 42.0 Å². The largest absolute Gasteiger partial charge is 0.385 e. The Balaban J connectivity index is 1.71. The zero-order valence-electron chi connectivity index (χ0n) is 16.6. The summed E-state index contributed by atoms with van der Waals surface area (Å²) in [6, 6.07) is 2.07. The maximum atomic E-state index is 14.3. The van der Waals surface area contributed by atoms with Gasteiger partial charge >= 0.3 is 6.03 Å². The first-order chi connectivity index (χ1) is 14.0. The van der Waals surface area contributed by atoms with Gasteiger partial charge in [0.1, 0.15) is 0 Å². The van der Waals surface area contributed by atoms with E-state index in [9.17, 15) is 23.3 Å². The van der Waals surface area contributed by atoms with E-state index in [0.29, 0.717) is 35.4 Å². The SMILES string of the molecule is CC(C)(O)c1cc(F)c([S@](N)(=O)=NC(=O)Nc2c3c(cc4c2C(=O)CC4)CCC3)s1. The lowest BCUT2D eigenvalue weighted by Crippen LogP contribution is -2.19. The molecule has 1 heterocycles. The number of thiophene rings is 1. The van der Waals surface area contributed by atoms with Gasteiger partial charge in [0, 0.05) is 16.9 Å². The Morgan fingerprint density at radius 1 is 1.27 bits per heavy atom. The molecule has 0 bridgehead atoms. The normalized spacial score (nSPS) is 17.4. The summed E-state index contributed by atoms with van der Waals surface area (Å²) in [7, 11) is -3.88. The first-order valence-corrected chi connectivity index (χ1v) is 12.0. The van der Waals surface area contributed by atoms with Crippen LogP contribution in [0.5, 0.6) is 0 Å². The topological polar surface area (TPSA) is 122 Å². The summed E-state index contributed by atoms with van der Waals surface area (Å²) >= 11 is 0.709. The molecule has 2 aromatic rings. The minimum absolute atomic E-state index is 0.0531. The standard InChI is InChI=1S/C20H22FN3O4S2/c1-20(2,27)15-9-13(21)18(29-15)30(22,28)24-19(26)23-17-12-5-3-4-10(12)8-11-6-7-14(25)16(11)17/h8-9,27H,3-7H2,1-2H3,(H3,22,23,24,26,28)/t30-/m1/s1. The van der Waals surface area contributed by atoms with E-state index in [1.165, 1.54) is 13.8 Å². The van der Waals surface area contributed by atoms with Crippen LogP contribution in [0.25, 0.3) is 0 Å². The van der Waals surface area contributed by atoms with Crippen molar-refractivity contribution in [2.24, 2.45) is 9.50 Å². The predicted molar refractivity (Wildman–Crippen MR) is 113 cm³/mol. The number of carbonyl (C=O) groups excluding carboxylic acids is 2. The number of rotatable bonds is 3.